The number of carbonyl (C=O) groups is 1. The minimum atomic E-state index is -0.136. The predicted octanol–water partition coefficient (Wildman–Crippen LogP) is 3.35. The van der Waals surface area contributed by atoms with Crippen LogP contribution in [0.15, 0.2) is 28.9 Å². The summed E-state index contributed by atoms with van der Waals surface area (Å²) in [4.78, 5) is 23.4. The fourth-order valence-corrected chi connectivity index (χ4v) is 2.87. The maximum atomic E-state index is 12.9. The molecule has 0 saturated carbocycles. The Hall–Kier alpha value is -2.24. The van der Waals surface area contributed by atoms with Crippen LogP contribution in [0.5, 0.6) is 0 Å². The van der Waals surface area contributed by atoms with Crippen LogP contribution in [0.25, 0.3) is 0 Å². The first kappa shape index (κ1) is 15.6. The molecule has 122 valence electrons. The van der Waals surface area contributed by atoms with E-state index in [0.717, 1.165) is 25.7 Å². The van der Waals surface area contributed by atoms with E-state index in [9.17, 15) is 4.79 Å². The predicted molar refractivity (Wildman–Crippen MR) is 84.9 cm³/mol. The van der Waals surface area contributed by atoms with E-state index >= 15 is 0 Å². The third-order valence-corrected chi connectivity index (χ3v) is 4.15. The summed E-state index contributed by atoms with van der Waals surface area (Å²) in [6.07, 6.45) is 5.66. The van der Waals surface area contributed by atoms with Crippen molar-refractivity contribution in [3.8, 4) is 0 Å². The Morgan fingerprint density at radius 3 is 2.87 bits per heavy atom. The van der Waals surface area contributed by atoms with Gasteiger partial charge in [-0.05, 0) is 25.0 Å². The molecular weight excluding hydrogens is 292 g/mol. The molecule has 0 aliphatic carbocycles. The molecule has 1 saturated heterocycles. The molecule has 0 radical (unpaired) electrons. The van der Waals surface area contributed by atoms with E-state index in [1.165, 1.54) is 0 Å². The van der Waals surface area contributed by atoms with Crippen LogP contribution in [-0.2, 0) is 0 Å². The minimum Gasteiger partial charge on any atom is -0.339 e. The molecule has 1 aliphatic heterocycles. The number of hydrogen-bond donors (Lipinski definition) is 0. The zero-order chi connectivity index (χ0) is 16.2. The summed E-state index contributed by atoms with van der Waals surface area (Å²) < 4.78 is 5.34. The normalized spacial score (nSPS) is 18.9. The van der Waals surface area contributed by atoms with Crippen LogP contribution in [-0.4, -0.2) is 32.5 Å². The first-order valence-electron chi connectivity index (χ1n) is 8.22. The summed E-state index contributed by atoms with van der Waals surface area (Å²) in [6, 6.07) is 5.26. The van der Waals surface area contributed by atoms with E-state index in [1.54, 1.807) is 12.3 Å². The number of hydrogen-bond acceptors (Lipinski definition) is 5. The van der Waals surface area contributed by atoms with Gasteiger partial charge >= 0.3 is 0 Å². The van der Waals surface area contributed by atoms with E-state index in [0.29, 0.717) is 24.0 Å². The highest BCUT2D eigenvalue weighted by molar-refractivity contribution is 5.92. The van der Waals surface area contributed by atoms with Gasteiger partial charge in [0.15, 0.2) is 5.82 Å². The summed E-state index contributed by atoms with van der Waals surface area (Å²) in [7, 11) is 0. The van der Waals surface area contributed by atoms with Gasteiger partial charge in [0.05, 0.1) is 6.04 Å². The molecule has 6 nitrogen and oxygen atoms in total. The molecular formula is C17H22N4O2. The second-order valence-corrected chi connectivity index (χ2v) is 6.22. The number of likely N-dealkylation sites (tertiary alicyclic amines) is 1. The molecule has 0 unspecified atom stereocenters. The summed E-state index contributed by atoms with van der Waals surface area (Å²) >= 11 is 0. The van der Waals surface area contributed by atoms with Crippen molar-refractivity contribution in [1.29, 1.82) is 0 Å². The topological polar surface area (TPSA) is 72.1 Å². The van der Waals surface area contributed by atoms with Gasteiger partial charge in [0.1, 0.15) is 5.69 Å². The molecule has 23 heavy (non-hydrogen) atoms. The summed E-state index contributed by atoms with van der Waals surface area (Å²) in [6.45, 7) is 4.73. The van der Waals surface area contributed by atoms with Crippen LogP contribution in [0.4, 0.5) is 0 Å². The minimum absolute atomic E-state index is 0.0617. The van der Waals surface area contributed by atoms with E-state index in [1.807, 2.05) is 30.9 Å². The lowest BCUT2D eigenvalue weighted by Gasteiger charge is -2.27. The SMILES string of the molecule is CC(C)c1nc([C@H]2CCCCCN2C(=O)c2ccccn2)no1. The van der Waals surface area contributed by atoms with Crippen LogP contribution in [0.3, 0.4) is 0 Å². The number of aromatic nitrogens is 3. The fourth-order valence-electron chi connectivity index (χ4n) is 2.87. The van der Waals surface area contributed by atoms with Crippen molar-refractivity contribution in [2.24, 2.45) is 0 Å². The average Bonchev–Trinajstić information content (AvgIpc) is 2.94. The van der Waals surface area contributed by atoms with Crippen LogP contribution >= 0.6 is 0 Å². The lowest BCUT2D eigenvalue weighted by molar-refractivity contribution is 0.0664. The summed E-state index contributed by atoms with van der Waals surface area (Å²) in [5.41, 5.74) is 0.465. The second-order valence-electron chi connectivity index (χ2n) is 6.22. The van der Waals surface area contributed by atoms with Crippen LogP contribution in [0.1, 0.15) is 73.7 Å². The number of nitrogens with zero attached hydrogens (tertiary/aromatic N) is 4. The zero-order valence-electron chi connectivity index (χ0n) is 13.6. The molecule has 0 N–H and O–H groups in total. The number of rotatable bonds is 3. The highest BCUT2D eigenvalue weighted by Gasteiger charge is 2.31. The fraction of sp³-hybridized carbons (Fsp3) is 0.529. The average molecular weight is 314 g/mol. The van der Waals surface area contributed by atoms with Gasteiger partial charge in [0, 0.05) is 18.7 Å². The Morgan fingerprint density at radius 2 is 2.17 bits per heavy atom. The van der Waals surface area contributed by atoms with Gasteiger partial charge in [-0.25, -0.2) is 0 Å². The lowest BCUT2D eigenvalue weighted by atomic mass is 10.1. The number of carbonyl (C=O) groups excluding carboxylic acids is 1. The molecule has 1 atom stereocenters. The summed E-state index contributed by atoms with van der Waals surface area (Å²) in [5.74, 6) is 1.35. The van der Waals surface area contributed by atoms with Crippen LogP contribution in [0.2, 0.25) is 0 Å². The highest BCUT2D eigenvalue weighted by Crippen LogP contribution is 2.30. The van der Waals surface area contributed by atoms with Crippen molar-refractivity contribution in [1.82, 2.24) is 20.0 Å². The quantitative estimate of drug-likeness (QED) is 0.868. The molecule has 1 amide bonds. The standard InChI is InChI=1S/C17H22N4O2/c1-12(2)16-19-15(20-23-16)14-9-4-3-7-11-21(14)17(22)13-8-5-6-10-18-13/h5-6,8,10,12,14H,3-4,7,9,11H2,1-2H3/t14-/m1/s1. The third kappa shape index (κ3) is 3.41. The lowest BCUT2D eigenvalue weighted by Crippen LogP contribution is -2.35. The van der Waals surface area contributed by atoms with Crippen molar-refractivity contribution < 1.29 is 9.32 Å². The smallest absolute Gasteiger partial charge is 0.273 e. The summed E-state index contributed by atoms with van der Waals surface area (Å²) in [5, 5.41) is 4.13. The number of amides is 1. The molecule has 3 heterocycles. The Balaban J connectivity index is 1.89. The van der Waals surface area contributed by atoms with Crippen molar-refractivity contribution >= 4 is 5.91 Å². The van der Waals surface area contributed by atoms with Gasteiger partial charge in [-0.1, -0.05) is 37.9 Å². The van der Waals surface area contributed by atoms with Gasteiger partial charge in [-0.3, -0.25) is 9.78 Å². The van der Waals surface area contributed by atoms with Gasteiger partial charge in [-0.15, -0.1) is 0 Å². The van der Waals surface area contributed by atoms with Crippen LogP contribution in [0, 0.1) is 0 Å². The van der Waals surface area contributed by atoms with E-state index in [2.05, 4.69) is 15.1 Å². The van der Waals surface area contributed by atoms with Gasteiger partial charge < -0.3 is 9.42 Å². The second kappa shape index (κ2) is 6.89. The molecule has 0 spiro atoms. The number of pyridine rings is 1. The Bertz CT molecular complexity index is 654. The maximum absolute atomic E-state index is 12.9. The zero-order valence-corrected chi connectivity index (χ0v) is 13.6. The van der Waals surface area contributed by atoms with E-state index in [-0.39, 0.29) is 17.9 Å². The molecule has 1 fully saturated rings. The molecule has 2 aromatic heterocycles. The molecule has 0 aromatic carbocycles. The largest absolute Gasteiger partial charge is 0.339 e. The molecule has 6 heteroatoms. The molecule has 3 rings (SSSR count). The monoisotopic (exact) mass is 314 g/mol. The Kier molecular flexibility index (Phi) is 4.69. The molecule has 2 aromatic rings. The first-order chi connectivity index (χ1) is 11.2. The third-order valence-electron chi connectivity index (χ3n) is 4.15. The highest BCUT2D eigenvalue weighted by atomic mass is 16.5. The van der Waals surface area contributed by atoms with Crippen molar-refractivity contribution in [3.05, 3.63) is 41.8 Å². The van der Waals surface area contributed by atoms with Crippen molar-refractivity contribution in [2.75, 3.05) is 6.54 Å². The van der Waals surface area contributed by atoms with Gasteiger partial charge in [-0.2, -0.15) is 4.98 Å². The van der Waals surface area contributed by atoms with Crippen LogP contribution < -0.4 is 0 Å². The molecule has 0 bridgehead atoms. The van der Waals surface area contributed by atoms with Gasteiger partial charge in [0.2, 0.25) is 5.89 Å². The Labute approximate surface area is 135 Å². The van der Waals surface area contributed by atoms with E-state index in [4.69, 9.17) is 4.52 Å². The van der Waals surface area contributed by atoms with Gasteiger partial charge in [0.25, 0.3) is 5.91 Å². The van der Waals surface area contributed by atoms with Crippen molar-refractivity contribution in [3.63, 3.8) is 0 Å². The maximum Gasteiger partial charge on any atom is 0.273 e. The van der Waals surface area contributed by atoms with E-state index < -0.39 is 0 Å². The molecule has 1 aliphatic rings. The van der Waals surface area contributed by atoms with Crippen molar-refractivity contribution in [2.45, 2.75) is 51.5 Å². The first-order valence-corrected chi connectivity index (χ1v) is 8.22. The Morgan fingerprint density at radius 1 is 1.30 bits per heavy atom.